The number of sulfone groups is 1. The average Bonchev–Trinajstić information content (AvgIpc) is 3.07. The van der Waals surface area contributed by atoms with E-state index in [2.05, 4.69) is 20.1 Å². The number of imidazole rings is 1. The van der Waals surface area contributed by atoms with Crippen molar-refractivity contribution in [1.82, 2.24) is 19.5 Å². The van der Waals surface area contributed by atoms with Gasteiger partial charge in [-0.05, 0) is 13.0 Å². The summed E-state index contributed by atoms with van der Waals surface area (Å²) in [6.07, 6.45) is -7.75. The van der Waals surface area contributed by atoms with Crippen molar-refractivity contribution < 1.29 is 34.8 Å². The lowest BCUT2D eigenvalue weighted by Crippen LogP contribution is -2.32. The highest BCUT2D eigenvalue weighted by atomic mass is 32.2. The van der Waals surface area contributed by atoms with Crippen molar-refractivity contribution in [3.8, 4) is 0 Å². The van der Waals surface area contributed by atoms with E-state index in [1.807, 2.05) is 0 Å². The minimum atomic E-state index is -4.65. The van der Waals surface area contributed by atoms with Crippen molar-refractivity contribution >= 4 is 38.6 Å². The predicted octanol–water partition coefficient (Wildman–Crippen LogP) is 3.81. The van der Waals surface area contributed by atoms with Crippen molar-refractivity contribution in [2.75, 3.05) is 18.8 Å². The van der Waals surface area contributed by atoms with E-state index in [0.29, 0.717) is 6.20 Å². The molecule has 3 heterocycles. The van der Waals surface area contributed by atoms with Gasteiger partial charge in [0.05, 0.1) is 28.1 Å². The Bertz CT molecular complexity index is 1290. The summed E-state index contributed by atoms with van der Waals surface area (Å²) in [5.41, 5.74) is -1.22. The monoisotopic (exact) mass is 510 g/mol. The number of hydrazone groups is 1. The molecule has 0 fully saturated rings. The van der Waals surface area contributed by atoms with Crippen molar-refractivity contribution in [3.63, 3.8) is 0 Å². The molecule has 0 saturated heterocycles. The maximum absolute atomic E-state index is 13.0. The molecule has 0 aromatic carbocycles. The van der Waals surface area contributed by atoms with Gasteiger partial charge in [-0.25, -0.2) is 23.4 Å². The zero-order valence-corrected chi connectivity index (χ0v) is 19.1. The van der Waals surface area contributed by atoms with E-state index in [0.717, 1.165) is 17.3 Å². The maximum atomic E-state index is 13.0. The van der Waals surface area contributed by atoms with Gasteiger partial charge < -0.3 is 4.57 Å². The Hall–Kier alpha value is -2.97. The number of aliphatic imine (C=N–C) groups is 1. The fourth-order valence-electron chi connectivity index (χ4n) is 3.23. The van der Waals surface area contributed by atoms with Crippen LogP contribution in [0.15, 0.2) is 27.3 Å². The number of hydrogen-bond acceptors (Lipinski definition) is 7. The number of aromatic nitrogens is 3. The summed E-state index contributed by atoms with van der Waals surface area (Å²) < 4.78 is 104. The van der Waals surface area contributed by atoms with E-state index in [-0.39, 0.29) is 52.0 Å². The first-order chi connectivity index (χ1) is 15.7. The normalized spacial score (nSPS) is 16.7. The number of pyridine rings is 1. The number of aryl methyl sites for hydroxylation is 1. The summed E-state index contributed by atoms with van der Waals surface area (Å²) in [5.74, 6) is -0.387. The molecule has 2 aromatic heterocycles. The Morgan fingerprint density at radius 1 is 1.18 bits per heavy atom. The predicted molar refractivity (Wildman–Crippen MR) is 114 cm³/mol. The number of alkyl halides is 6. The molecule has 0 unspecified atom stereocenters. The van der Waals surface area contributed by atoms with E-state index in [1.165, 1.54) is 25.5 Å². The third-order valence-corrected chi connectivity index (χ3v) is 6.80. The molecular formula is C19H20F6N6O2S. The Balaban J connectivity index is 2.11. The Morgan fingerprint density at radius 3 is 2.41 bits per heavy atom. The number of halogens is 6. The minimum Gasteiger partial charge on any atom is -0.310 e. The van der Waals surface area contributed by atoms with Gasteiger partial charge in [-0.2, -0.15) is 31.4 Å². The SMILES string of the molecule is CCN(CC(F)(F)F)N=C1C=NC(c2nc3cc(C(F)(F)F)cnc3n2C)=C(S(=O)(=O)CC)C1. The lowest BCUT2D eigenvalue weighted by Gasteiger charge is -2.22. The summed E-state index contributed by atoms with van der Waals surface area (Å²) in [6.45, 7) is 1.43. The smallest absolute Gasteiger partial charge is 0.310 e. The molecule has 1 aliphatic rings. The van der Waals surface area contributed by atoms with Gasteiger partial charge in [0.15, 0.2) is 21.3 Å². The Morgan fingerprint density at radius 2 is 1.85 bits per heavy atom. The van der Waals surface area contributed by atoms with E-state index < -0.39 is 34.3 Å². The first-order valence-corrected chi connectivity index (χ1v) is 11.6. The average molecular weight is 510 g/mol. The topological polar surface area (TPSA) is 92.8 Å². The van der Waals surface area contributed by atoms with Crippen molar-refractivity contribution in [3.05, 3.63) is 28.6 Å². The second-order valence-corrected chi connectivity index (χ2v) is 9.66. The van der Waals surface area contributed by atoms with Crippen LogP contribution in [0.3, 0.4) is 0 Å². The molecule has 34 heavy (non-hydrogen) atoms. The third-order valence-electron chi connectivity index (χ3n) is 4.95. The molecule has 1 aliphatic heterocycles. The Labute approximate surface area is 190 Å². The van der Waals surface area contributed by atoms with E-state index in [4.69, 9.17) is 0 Å². The van der Waals surface area contributed by atoms with Crippen LogP contribution in [0.2, 0.25) is 0 Å². The molecule has 0 bridgehead atoms. The van der Waals surface area contributed by atoms with Gasteiger partial charge in [0.1, 0.15) is 17.8 Å². The summed E-state index contributed by atoms with van der Waals surface area (Å²) >= 11 is 0. The highest BCUT2D eigenvalue weighted by Gasteiger charge is 2.34. The molecule has 0 aliphatic carbocycles. The second kappa shape index (κ2) is 9.00. The lowest BCUT2D eigenvalue weighted by molar-refractivity contribution is -0.145. The molecule has 0 atom stereocenters. The highest BCUT2D eigenvalue weighted by molar-refractivity contribution is 7.95. The zero-order chi connectivity index (χ0) is 25.5. The second-order valence-electron chi connectivity index (χ2n) is 7.36. The molecule has 186 valence electrons. The van der Waals surface area contributed by atoms with Crippen LogP contribution >= 0.6 is 0 Å². The van der Waals surface area contributed by atoms with Crippen molar-refractivity contribution in [1.29, 1.82) is 0 Å². The van der Waals surface area contributed by atoms with E-state index >= 15 is 0 Å². The zero-order valence-electron chi connectivity index (χ0n) is 18.2. The van der Waals surface area contributed by atoms with Crippen molar-refractivity contribution in [2.24, 2.45) is 17.1 Å². The summed E-state index contributed by atoms with van der Waals surface area (Å²) in [6, 6.07) is 0.788. The fourth-order valence-corrected chi connectivity index (χ4v) is 4.38. The Kier molecular flexibility index (Phi) is 6.79. The molecule has 8 nitrogen and oxygen atoms in total. The van der Waals surface area contributed by atoms with Gasteiger partial charge in [0.2, 0.25) is 0 Å². The van der Waals surface area contributed by atoms with E-state index in [9.17, 15) is 34.8 Å². The van der Waals surface area contributed by atoms with Crippen LogP contribution in [0.4, 0.5) is 26.3 Å². The highest BCUT2D eigenvalue weighted by Crippen LogP contribution is 2.33. The summed E-state index contributed by atoms with van der Waals surface area (Å²) in [5, 5.41) is 4.62. The van der Waals surface area contributed by atoms with E-state index in [1.54, 1.807) is 0 Å². The number of nitrogens with zero attached hydrogens (tertiary/aromatic N) is 6. The molecule has 0 radical (unpaired) electrons. The quantitative estimate of drug-likeness (QED) is 0.436. The van der Waals surface area contributed by atoms with Crippen LogP contribution in [-0.2, 0) is 23.1 Å². The molecule has 15 heteroatoms. The number of hydrogen-bond donors (Lipinski definition) is 0. The molecule has 0 spiro atoms. The van der Waals surface area contributed by atoms with Crippen LogP contribution in [0.1, 0.15) is 31.7 Å². The molecular weight excluding hydrogens is 490 g/mol. The largest absolute Gasteiger partial charge is 0.417 e. The summed E-state index contributed by atoms with van der Waals surface area (Å²) in [4.78, 5) is 11.8. The first-order valence-electron chi connectivity index (χ1n) is 9.95. The van der Waals surface area contributed by atoms with Gasteiger partial charge in [0, 0.05) is 26.2 Å². The number of allylic oxidation sites excluding steroid dienone is 1. The van der Waals surface area contributed by atoms with Gasteiger partial charge in [0.25, 0.3) is 0 Å². The van der Waals surface area contributed by atoms with Crippen molar-refractivity contribution in [2.45, 2.75) is 32.6 Å². The van der Waals surface area contributed by atoms with Crippen LogP contribution in [0.5, 0.6) is 0 Å². The first kappa shape index (κ1) is 25.6. The van der Waals surface area contributed by atoms with Gasteiger partial charge in [-0.3, -0.25) is 5.01 Å². The lowest BCUT2D eigenvalue weighted by atomic mass is 10.2. The molecule has 0 N–H and O–H groups in total. The van der Waals surface area contributed by atoms with Gasteiger partial charge in [-0.1, -0.05) is 6.92 Å². The van der Waals surface area contributed by atoms with Crippen LogP contribution in [0, 0.1) is 0 Å². The summed E-state index contributed by atoms with van der Waals surface area (Å²) in [7, 11) is -2.48. The standard InChI is InChI=1S/C19H20F6N6O2S/c1-4-31(10-18(20,21)22)29-12-7-14(34(32,33)5-2)15(26-9-12)17-28-13-6-11(19(23,24)25)8-27-16(13)30(17)3/h6,8-9H,4-5,7,10H2,1-3H3. The van der Waals surface area contributed by atoms with Crippen LogP contribution in [0.25, 0.3) is 16.9 Å². The number of rotatable bonds is 6. The van der Waals surface area contributed by atoms with Crippen LogP contribution in [-0.4, -0.2) is 64.9 Å². The van der Waals surface area contributed by atoms with Crippen LogP contribution < -0.4 is 0 Å². The molecule has 0 amide bonds. The van der Waals surface area contributed by atoms with Gasteiger partial charge >= 0.3 is 12.4 Å². The van der Waals surface area contributed by atoms with Gasteiger partial charge in [-0.15, -0.1) is 0 Å². The molecule has 3 rings (SSSR count). The number of fused-ring (bicyclic) bond motifs is 1. The molecule has 2 aromatic rings. The fraction of sp³-hybridized carbons (Fsp3) is 0.474. The molecule has 0 saturated carbocycles. The minimum absolute atomic E-state index is 0.0156. The maximum Gasteiger partial charge on any atom is 0.417 e. The third kappa shape index (κ3) is 5.39.